The van der Waals surface area contributed by atoms with Crippen molar-refractivity contribution in [2.24, 2.45) is 10.9 Å². The molecule has 1 aromatic rings. The Labute approximate surface area is 113 Å². The van der Waals surface area contributed by atoms with Gasteiger partial charge in [-0.05, 0) is 17.4 Å². The first-order valence-electron chi connectivity index (χ1n) is 6.27. The molecule has 0 fully saturated rings. The van der Waals surface area contributed by atoms with E-state index in [0.29, 0.717) is 12.5 Å². The van der Waals surface area contributed by atoms with E-state index in [1.54, 1.807) is 18.4 Å². The van der Waals surface area contributed by atoms with E-state index in [9.17, 15) is 0 Å². The molecular formula is C13H23N3OS. The van der Waals surface area contributed by atoms with Crippen LogP contribution in [0.25, 0.3) is 0 Å². The van der Waals surface area contributed by atoms with E-state index in [2.05, 4.69) is 47.0 Å². The summed E-state index contributed by atoms with van der Waals surface area (Å²) in [5.41, 5.74) is 0. The van der Waals surface area contributed by atoms with Crippen LogP contribution >= 0.6 is 11.3 Å². The molecule has 0 aromatic carbocycles. The van der Waals surface area contributed by atoms with Gasteiger partial charge >= 0.3 is 0 Å². The summed E-state index contributed by atoms with van der Waals surface area (Å²) >= 11 is 1.74. The summed E-state index contributed by atoms with van der Waals surface area (Å²) in [5.74, 6) is 1.40. The van der Waals surface area contributed by atoms with Gasteiger partial charge in [0.1, 0.15) is 0 Å². The van der Waals surface area contributed by atoms with Gasteiger partial charge in [-0.25, -0.2) is 0 Å². The summed E-state index contributed by atoms with van der Waals surface area (Å²) < 4.78 is 5.50. The lowest BCUT2D eigenvalue weighted by Gasteiger charge is -2.12. The molecule has 0 aliphatic heterocycles. The molecule has 0 radical (unpaired) electrons. The molecule has 0 unspecified atom stereocenters. The SMILES string of the molecule is CN=C(NCCOCC(C)C)NCc1cccs1. The molecule has 0 aliphatic carbocycles. The third kappa shape index (κ3) is 6.61. The smallest absolute Gasteiger partial charge is 0.191 e. The van der Waals surface area contributed by atoms with Crippen LogP contribution in [0.1, 0.15) is 18.7 Å². The maximum absolute atomic E-state index is 5.50. The zero-order chi connectivity index (χ0) is 13.2. The van der Waals surface area contributed by atoms with Gasteiger partial charge in [-0.2, -0.15) is 0 Å². The van der Waals surface area contributed by atoms with E-state index in [4.69, 9.17) is 4.74 Å². The summed E-state index contributed by atoms with van der Waals surface area (Å²) in [7, 11) is 1.78. The maximum atomic E-state index is 5.50. The summed E-state index contributed by atoms with van der Waals surface area (Å²) in [5, 5.41) is 8.57. The number of nitrogens with one attached hydrogen (secondary N) is 2. The molecule has 1 heterocycles. The first kappa shape index (κ1) is 15.0. The molecule has 0 saturated carbocycles. The van der Waals surface area contributed by atoms with E-state index < -0.39 is 0 Å². The number of hydrogen-bond acceptors (Lipinski definition) is 3. The highest BCUT2D eigenvalue weighted by atomic mass is 32.1. The Morgan fingerprint density at radius 2 is 2.28 bits per heavy atom. The summed E-state index contributed by atoms with van der Waals surface area (Å²) in [6.07, 6.45) is 0. The Morgan fingerprint density at radius 3 is 2.89 bits per heavy atom. The van der Waals surface area contributed by atoms with Crippen LogP contribution < -0.4 is 10.6 Å². The third-order valence-corrected chi connectivity index (χ3v) is 3.10. The summed E-state index contributed by atoms with van der Waals surface area (Å²) in [6, 6.07) is 4.16. The van der Waals surface area contributed by atoms with Gasteiger partial charge in [-0.15, -0.1) is 11.3 Å². The van der Waals surface area contributed by atoms with Crippen molar-refractivity contribution in [2.75, 3.05) is 26.8 Å². The zero-order valence-electron chi connectivity index (χ0n) is 11.4. The Balaban J connectivity index is 2.10. The minimum atomic E-state index is 0.585. The van der Waals surface area contributed by atoms with Gasteiger partial charge in [0, 0.05) is 25.1 Å². The van der Waals surface area contributed by atoms with Crippen molar-refractivity contribution < 1.29 is 4.74 Å². The molecule has 18 heavy (non-hydrogen) atoms. The van der Waals surface area contributed by atoms with Crippen molar-refractivity contribution in [1.82, 2.24) is 10.6 Å². The fourth-order valence-electron chi connectivity index (χ4n) is 1.37. The number of aliphatic imine (C=N–C) groups is 1. The molecular weight excluding hydrogens is 246 g/mol. The lowest BCUT2D eigenvalue weighted by molar-refractivity contribution is 0.114. The molecule has 5 heteroatoms. The van der Waals surface area contributed by atoms with Crippen LogP contribution in [0.3, 0.4) is 0 Å². The van der Waals surface area contributed by atoms with Crippen LogP contribution in [-0.2, 0) is 11.3 Å². The lowest BCUT2D eigenvalue weighted by atomic mass is 10.2. The maximum Gasteiger partial charge on any atom is 0.191 e. The molecule has 0 atom stereocenters. The van der Waals surface area contributed by atoms with Gasteiger partial charge in [0.2, 0.25) is 0 Å². The average Bonchev–Trinajstić information content (AvgIpc) is 2.85. The van der Waals surface area contributed by atoms with Gasteiger partial charge in [0.25, 0.3) is 0 Å². The number of rotatable bonds is 7. The molecule has 0 aliphatic rings. The predicted octanol–water partition coefficient (Wildman–Crippen LogP) is 2.09. The lowest BCUT2D eigenvalue weighted by Crippen LogP contribution is -2.38. The van der Waals surface area contributed by atoms with E-state index in [0.717, 1.165) is 25.7 Å². The highest BCUT2D eigenvalue weighted by molar-refractivity contribution is 7.09. The molecule has 1 aromatic heterocycles. The second-order valence-corrected chi connectivity index (χ2v) is 5.43. The zero-order valence-corrected chi connectivity index (χ0v) is 12.2. The fourth-order valence-corrected chi connectivity index (χ4v) is 2.01. The Hall–Kier alpha value is -1.07. The average molecular weight is 269 g/mol. The highest BCUT2D eigenvalue weighted by Crippen LogP contribution is 2.06. The number of thiophene rings is 1. The van der Waals surface area contributed by atoms with Crippen molar-refractivity contribution >= 4 is 17.3 Å². The van der Waals surface area contributed by atoms with Gasteiger partial charge in [-0.3, -0.25) is 4.99 Å². The Kier molecular flexibility index (Phi) is 7.44. The normalized spacial score (nSPS) is 11.9. The third-order valence-electron chi connectivity index (χ3n) is 2.22. The molecule has 102 valence electrons. The minimum Gasteiger partial charge on any atom is -0.379 e. The minimum absolute atomic E-state index is 0.585. The molecule has 0 spiro atoms. The van der Waals surface area contributed by atoms with Crippen LogP contribution in [0, 0.1) is 5.92 Å². The number of hydrogen-bond donors (Lipinski definition) is 2. The van der Waals surface area contributed by atoms with E-state index in [1.165, 1.54) is 4.88 Å². The fraction of sp³-hybridized carbons (Fsp3) is 0.615. The number of guanidine groups is 1. The monoisotopic (exact) mass is 269 g/mol. The van der Waals surface area contributed by atoms with Gasteiger partial charge < -0.3 is 15.4 Å². The standard InChI is InChI=1S/C13H23N3OS/c1-11(2)10-17-7-6-15-13(14-3)16-9-12-5-4-8-18-12/h4-5,8,11H,6-7,9-10H2,1-3H3,(H2,14,15,16). The number of nitrogens with zero attached hydrogens (tertiary/aromatic N) is 1. The molecule has 0 bridgehead atoms. The van der Waals surface area contributed by atoms with Crippen molar-refractivity contribution in [3.05, 3.63) is 22.4 Å². The van der Waals surface area contributed by atoms with Crippen LogP contribution in [0.2, 0.25) is 0 Å². The molecule has 1 rings (SSSR count). The van der Waals surface area contributed by atoms with Crippen molar-refractivity contribution in [3.8, 4) is 0 Å². The van der Waals surface area contributed by atoms with Gasteiger partial charge in [-0.1, -0.05) is 19.9 Å². The highest BCUT2D eigenvalue weighted by Gasteiger charge is 1.99. The van der Waals surface area contributed by atoms with Crippen LogP contribution in [0.15, 0.2) is 22.5 Å². The Morgan fingerprint density at radius 1 is 1.44 bits per heavy atom. The van der Waals surface area contributed by atoms with E-state index in [1.807, 2.05) is 0 Å². The van der Waals surface area contributed by atoms with Crippen molar-refractivity contribution in [3.63, 3.8) is 0 Å². The second kappa shape index (κ2) is 8.94. The molecule has 0 amide bonds. The number of ether oxygens (including phenoxy) is 1. The van der Waals surface area contributed by atoms with Gasteiger partial charge in [0.05, 0.1) is 13.2 Å². The second-order valence-electron chi connectivity index (χ2n) is 4.40. The van der Waals surface area contributed by atoms with Crippen LogP contribution in [0.4, 0.5) is 0 Å². The van der Waals surface area contributed by atoms with Crippen molar-refractivity contribution in [2.45, 2.75) is 20.4 Å². The van der Waals surface area contributed by atoms with Gasteiger partial charge in [0.15, 0.2) is 5.96 Å². The molecule has 0 saturated heterocycles. The van der Waals surface area contributed by atoms with Crippen LogP contribution in [-0.4, -0.2) is 32.8 Å². The topological polar surface area (TPSA) is 45.7 Å². The first-order valence-corrected chi connectivity index (χ1v) is 7.15. The first-order chi connectivity index (χ1) is 8.72. The molecule has 4 nitrogen and oxygen atoms in total. The quantitative estimate of drug-likeness (QED) is 0.452. The van der Waals surface area contributed by atoms with E-state index >= 15 is 0 Å². The summed E-state index contributed by atoms with van der Waals surface area (Å²) in [6.45, 7) is 7.39. The summed E-state index contributed by atoms with van der Waals surface area (Å²) in [4.78, 5) is 5.46. The van der Waals surface area contributed by atoms with E-state index in [-0.39, 0.29) is 0 Å². The Bertz CT molecular complexity index is 336. The van der Waals surface area contributed by atoms with Crippen molar-refractivity contribution in [1.29, 1.82) is 0 Å². The van der Waals surface area contributed by atoms with Crippen LogP contribution in [0.5, 0.6) is 0 Å². The predicted molar refractivity (Wildman–Crippen MR) is 78.2 cm³/mol. The molecule has 2 N–H and O–H groups in total. The largest absolute Gasteiger partial charge is 0.379 e.